The minimum atomic E-state index is -0.182. The second-order valence-corrected chi connectivity index (χ2v) is 7.84. The van der Waals surface area contributed by atoms with Crippen molar-refractivity contribution in [3.05, 3.63) is 89.9 Å². The molecule has 4 rings (SSSR count). The lowest BCUT2D eigenvalue weighted by molar-refractivity contribution is 0.0902. The Hall–Kier alpha value is -3.54. The molecule has 2 aromatic carbocycles. The van der Waals surface area contributed by atoms with Gasteiger partial charge in [-0.1, -0.05) is 42.5 Å². The van der Waals surface area contributed by atoms with Crippen LogP contribution >= 0.6 is 0 Å². The molecule has 1 aliphatic heterocycles. The molecule has 0 unspecified atom stereocenters. The summed E-state index contributed by atoms with van der Waals surface area (Å²) in [7, 11) is 0. The van der Waals surface area contributed by atoms with Crippen LogP contribution in [0.25, 0.3) is 0 Å². The van der Waals surface area contributed by atoms with Crippen LogP contribution in [0.1, 0.15) is 52.3 Å². The Morgan fingerprint density at radius 3 is 2.35 bits per heavy atom. The van der Waals surface area contributed by atoms with E-state index in [0.717, 1.165) is 37.2 Å². The highest BCUT2D eigenvalue weighted by Crippen LogP contribution is 2.25. The molecule has 2 N–H and O–H groups in total. The van der Waals surface area contributed by atoms with Gasteiger partial charge in [-0.05, 0) is 49.6 Å². The van der Waals surface area contributed by atoms with Crippen molar-refractivity contribution >= 4 is 17.5 Å². The minimum Gasteiger partial charge on any atom is -0.459 e. The second-order valence-electron chi connectivity index (χ2n) is 7.84. The number of piperidine rings is 1. The highest BCUT2D eigenvalue weighted by Gasteiger charge is 2.25. The number of hydrogen-bond donors (Lipinski definition) is 2. The largest absolute Gasteiger partial charge is 0.459 e. The fourth-order valence-electron chi connectivity index (χ4n) is 3.97. The van der Waals surface area contributed by atoms with E-state index >= 15 is 0 Å². The van der Waals surface area contributed by atoms with E-state index < -0.39 is 0 Å². The molecule has 0 radical (unpaired) electrons. The van der Waals surface area contributed by atoms with Crippen molar-refractivity contribution in [2.75, 3.05) is 18.0 Å². The Kier molecular flexibility index (Phi) is 6.36. The van der Waals surface area contributed by atoms with Gasteiger partial charge < -0.3 is 20.0 Å². The predicted molar refractivity (Wildman–Crippen MR) is 120 cm³/mol. The van der Waals surface area contributed by atoms with Gasteiger partial charge in [0.15, 0.2) is 5.76 Å². The van der Waals surface area contributed by atoms with Crippen LogP contribution in [-0.2, 0) is 0 Å². The standard InChI is InChI=1S/C25H27N3O3/c1-18(19-8-3-2-4-9-19)26-24(29)21-10-5-6-11-22(21)28-15-13-20(14-16-28)27-25(30)23-12-7-17-31-23/h2-12,17-18,20H,13-16H2,1H3,(H,26,29)(H,27,30)/t18-/m1/s1. The lowest BCUT2D eigenvalue weighted by Crippen LogP contribution is -2.45. The number of hydrogen-bond acceptors (Lipinski definition) is 4. The molecule has 0 bridgehead atoms. The van der Waals surface area contributed by atoms with E-state index in [9.17, 15) is 9.59 Å². The molecule has 160 valence electrons. The number of rotatable bonds is 6. The zero-order chi connectivity index (χ0) is 21.6. The number of benzene rings is 2. The molecule has 31 heavy (non-hydrogen) atoms. The third-order valence-electron chi connectivity index (χ3n) is 5.71. The summed E-state index contributed by atoms with van der Waals surface area (Å²) < 4.78 is 5.17. The number of amides is 2. The molecule has 6 nitrogen and oxygen atoms in total. The van der Waals surface area contributed by atoms with Crippen molar-refractivity contribution in [3.63, 3.8) is 0 Å². The van der Waals surface area contributed by atoms with Crippen LogP contribution in [0.5, 0.6) is 0 Å². The van der Waals surface area contributed by atoms with Gasteiger partial charge in [-0.15, -0.1) is 0 Å². The van der Waals surface area contributed by atoms with E-state index in [4.69, 9.17) is 4.42 Å². The minimum absolute atomic E-state index is 0.0793. The Morgan fingerprint density at radius 2 is 1.65 bits per heavy atom. The Labute approximate surface area is 182 Å². The second kappa shape index (κ2) is 9.51. The van der Waals surface area contributed by atoms with Crippen molar-refractivity contribution < 1.29 is 14.0 Å². The van der Waals surface area contributed by atoms with E-state index in [0.29, 0.717) is 11.3 Å². The first kappa shape index (κ1) is 20.7. The summed E-state index contributed by atoms with van der Waals surface area (Å²) in [5, 5.41) is 6.15. The molecule has 2 amide bonds. The molecule has 1 aliphatic rings. The van der Waals surface area contributed by atoms with Crippen LogP contribution in [-0.4, -0.2) is 30.9 Å². The van der Waals surface area contributed by atoms with Gasteiger partial charge in [0.25, 0.3) is 11.8 Å². The van der Waals surface area contributed by atoms with Crippen molar-refractivity contribution in [1.29, 1.82) is 0 Å². The zero-order valence-electron chi connectivity index (χ0n) is 17.6. The normalized spacial score (nSPS) is 15.3. The predicted octanol–water partition coefficient (Wildman–Crippen LogP) is 4.17. The van der Waals surface area contributed by atoms with Crippen molar-refractivity contribution in [2.45, 2.75) is 31.8 Å². The average molecular weight is 418 g/mol. The molecule has 0 spiro atoms. The highest BCUT2D eigenvalue weighted by atomic mass is 16.3. The molecule has 1 saturated heterocycles. The Balaban J connectivity index is 1.38. The molecular weight excluding hydrogens is 390 g/mol. The molecule has 2 heterocycles. The van der Waals surface area contributed by atoms with E-state index in [-0.39, 0.29) is 23.9 Å². The van der Waals surface area contributed by atoms with Crippen molar-refractivity contribution in [2.24, 2.45) is 0 Å². The van der Waals surface area contributed by atoms with Crippen molar-refractivity contribution in [1.82, 2.24) is 10.6 Å². The number of nitrogens with one attached hydrogen (secondary N) is 2. The zero-order valence-corrected chi connectivity index (χ0v) is 17.6. The van der Waals surface area contributed by atoms with Crippen LogP contribution < -0.4 is 15.5 Å². The maximum absolute atomic E-state index is 13.0. The number of anilines is 1. The van der Waals surface area contributed by atoms with Crippen LogP contribution in [0.15, 0.2) is 77.4 Å². The average Bonchev–Trinajstić information content (AvgIpc) is 3.35. The van der Waals surface area contributed by atoms with Crippen LogP contribution in [0.4, 0.5) is 5.69 Å². The summed E-state index contributed by atoms with van der Waals surface area (Å²) in [6, 6.07) is 21.0. The van der Waals surface area contributed by atoms with Gasteiger partial charge in [0, 0.05) is 24.8 Å². The first-order valence-corrected chi connectivity index (χ1v) is 10.7. The van der Waals surface area contributed by atoms with Crippen LogP contribution in [0.3, 0.4) is 0 Å². The van der Waals surface area contributed by atoms with Gasteiger partial charge in [-0.3, -0.25) is 9.59 Å². The smallest absolute Gasteiger partial charge is 0.287 e. The quantitative estimate of drug-likeness (QED) is 0.631. The van der Waals surface area contributed by atoms with Crippen LogP contribution in [0.2, 0.25) is 0 Å². The maximum atomic E-state index is 13.0. The number of para-hydroxylation sites is 1. The lowest BCUT2D eigenvalue weighted by atomic mass is 10.0. The third-order valence-corrected chi connectivity index (χ3v) is 5.71. The summed E-state index contributed by atoms with van der Waals surface area (Å²) in [4.78, 5) is 27.5. The van der Waals surface area contributed by atoms with Gasteiger partial charge in [-0.25, -0.2) is 0 Å². The van der Waals surface area contributed by atoms with E-state index in [2.05, 4.69) is 15.5 Å². The number of furan rings is 1. The lowest BCUT2D eigenvalue weighted by Gasteiger charge is -2.34. The topological polar surface area (TPSA) is 74.6 Å². The number of carbonyl (C=O) groups is 2. The summed E-state index contributed by atoms with van der Waals surface area (Å²) in [5.41, 5.74) is 2.67. The Bertz CT molecular complexity index is 1010. The molecule has 1 fully saturated rings. The fraction of sp³-hybridized carbons (Fsp3) is 0.280. The SMILES string of the molecule is C[C@@H](NC(=O)c1ccccc1N1CCC(NC(=O)c2ccco2)CC1)c1ccccc1. The molecule has 6 heteroatoms. The molecule has 0 aliphatic carbocycles. The van der Waals surface area contributed by atoms with Crippen molar-refractivity contribution in [3.8, 4) is 0 Å². The summed E-state index contributed by atoms with van der Waals surface area (Å²) >= 11 is 0. The van der Waals surface area contributed by atoms with Gasteiger partial charge in [0.05, 0.1) is 17.9 Å². The highest BCUT2D eigenvalue weighted by molar-refractivity contribution is 6.00. The molecule has 1 atom stereocenters. The first-order chi connectivity index (χ1) is 15.1. The first-order valence-electron chi connectivity index (χ1n) is 10.7. The molecule has 1 aromatic heterocycles. The fourth-order valence-corrected chi connectivity index (χ4v) is 3.97. The van der Waals surface area contributed by atoms with E-state index in [1.807, 2.05) is 61.5 Å². The summed E-state index contributed by atoms with van der Waals surface area (Å²) in [6.07, 6.45) is 3.11. The number of nitrogens with zero attached hydrogens (tertiary/aromatic N) is 1. The molecule has 3 aromatic rings. The number of carbonyl (C=O) groups excluding carboxylic acids is 2. The Morgan fingerprint density at radius 1 is 0.935 bits per heavy atom. The monoisotopic (exact) mass is 417 g/mol. The van der Waals surface area contributed by atoms with Gasteiger partial charge in [0.1, 0.15) is 0 Å². The summed E-state index contributed by atoms with van der Waals surface area (Å²) in [5.74, 6) is 0.0651. The molecular formula is C25H27N3O3. The molecule has 0 saturated carbocycles. The van der Waals surface area contributed by atoms with Gasteiger partial charge in [0.2, 0.25) is 0 Å². The third kappa shape index (κ3) is 4.97. The van der Waals surface area contributed by atoms with Gasteiger partial charge >= 0.3 is 0 Å². The maximum Gasteiger partial charge on any atom is 0.287 e. The van der Waals surface area contributed by atoms with Crippen LogP contribution in [0, 0.1) is 0 Å². The van der Waals surface area contributed by atoms with E-state index in [1.54, 1.807) is 12.1 Å². The van der Waals surface area contributed by atoms with E-state index in [1.165, 1.54) is 6.26 Å². The van der Waals surface area contributed by atoms with Gasteiger partial charge in [-0.2, -0.15) is 0 Å². The summed E-state index contributed by atoms with van der Waals surface area (Å²) in [6.45, 7) is 3.52.